The lowest BCUT2D eigenvalue weighted by molar-refractivity contribution is 0.0364. The van der Waals surface area contributed by atoms with Gasteiger partial charge in [0.05, 0.1) is 12.8 Å². The second-order valence-electron chi connectivity index (χ2n) is 5.99. The molecular weight excluding hydrogens is 256 g/mol. The molecule has 20 heavy (non-hydrogen) atoms. The van der Waals surface area contributed by atoms with Crippen molar-refractivity contribution in [1.29, 1.82) is 0 Å². The molecule has 1 unspecified atom stereocenters. The van der Waals surface area contributed by atoms with Crippen molar-refractivity contribution in [3.05, 3.63) is 24.2 Å². The van der Waals surface area contributed by atoms with E-state index in [1.165, 1.54) is 25.5 Å². The van der Waals surface area contributed by atoms with Gasteiger partial charge in [-0.3, -0.25) is 0 Å². The summed E-state index contributed by atoms with van der Waals surface area (Å²) in [5, 5.41) is 15.8. The van der Waals surface area contributed by atoms with E-state index >= 15 is 0 Å². The minimum Gasteiger partial charge on any atom is -0.466 e. The van der Waals surface area contributed by atoms with Crippen LogP contribution in [0.5, 0.6) is 0 Å². The smallest absolute Gasteiger partial charge is 0.314 e. The molecule has 3 N–H and O–H groups in total. The molecule has 1 aliphatic carbocycles. The first-order valence-electron chi connectivity index (χ1n) is 7.25. The molecule has 5 nitrogen and oxygen atoms in total. The van der Waals surface area contributed by atoms with Gasteiger partial charge in [-0.25, -0.2) is 4.79 Å². The minimum atomic E-state index is -1.19. The van der Waals surface area contributed by atoms with Crippen LogP contribution in [0.4, 0.5) is 4.79 Å². The van der Waals surface area contributed by atoms with Crippen molar-refractivity contribution >= 4 is 6.03 Å². The molecule has 1 saturated carbocycles. The Kier molecular flexibility index (Phi) is 4.38. The quantitative estimate of drug-likeness (QED) is 0.749. The summed E-state index contributed by atoms with van der Waals surface area (Å²) >= 11 is 0. The topological polar surface area (TPSA) is 74.5 Å². The maximum absolute atomic E-state index is 11.8. The van der Waals surface area contributed by atoms with Gasteiger partial charge in [0, 0.05) is 6.54 Å². The van der Waals surface area contributed by atoms with Gasteiger partial charge >= 0.3 is 6.03 Å². The summed E-state index contributed by atoms with van der Waals surface area (Å²) in [6, 6.07) is 3.17. The Morgan fingerprint density at radius 1 is 1.50 bits per heavy atom. The fourth-order valence-corrected chi connectivity index (χ4v) is 2.59. The third kappa shape index (κ3) is 3.33. The number of aliphatic hydroxyl groups is 1. The van der Waals surface area contributed by atoms with Crippen LogP contribution in [-0.2, 0) is 5.60 Å². The van der Waals surface area contributed by atoms with Gasteiger partial charge in [-0.15, -0.1) is 0 Å². The van der Waals surface area contributed by atoms with E-state index in [0.717, 1.165) is 6.42 Å². The van der Waals surface area contributed by atoms with Crippen LogP contribution in [0.3, 0.4) is 0 Å². The van der Waals surface area contributed by atoms with Crippen LogP contribution in [0, 0.1) is 5.41 Å². The summed E-state index contributed by atoms with van der Waals surface area (Å²) in [6.45, 7) is 4.61. The van der Waals surface area contributed by atoms with Crippen molar-refractivity contribution in [2.45, 2.75) is 45.1 Å². The van der Waals surface area contributed by atoms with Gasteiger partial charge in [0.25, 0.3) is 0 Å². The highest BCUT2D eigenvalue weighted by atomic mass is 16.4. The number of hydrogen-bond donors (Lipinski definition) is 3. The lowest BCUT2D eigenvalue weighted by atomic mass is 9.67. The average Bonchev–Trinajstić information content (AvgIpc) is 2.90. The van der Waals surface area contributed by atoms with Crippen molar-refractivity contribution in [1.82, 2.24) is 10.6 Å². The van der Waals surface area contributed by atoms with Gasteiger partial charge in [-0.1, -0.05) is 13.3 Å². The van der Waals surface area contributed by atoms with E-state index in [4.69, 9.17) is 4.42 Å². The Balaban J connectivity index is 1.75. The molecule has 1 aromatic rings. The molecule has 0 radical (unpaired) electrons. The number of hydrogen-bond acceptors (Lipinski definition) is 3. The van der Waals surface area contributed by atoms with Gasteiger partial charge in [0.2, 0.25) is 0 Å². The molecule has 0 saturated heterocycles. The van der Waals surface area contributed by atoms with Gasteiger partial charge in [0.15, 0.2) is 0 Å². The maximum atomic E-state index is 11.8. The summed E-state index contributed by atoms with van der Waals surface area (Å²) in [5.41, 5.74) is -0.902. The summed E-state index contributed by atoms with van der Waals surface area (Å²) in [5.74, 6) is 0.446. The van der Waals surface area contributed by atoms with Crippen molar-refractivity contribution in [3.8, 4) is 0 Å². The molecule has 2 amide bonds. The molecule has 1 aromatic heterocycles. The standard InChI is InChI=1S/C15H24N2O3/c1-3-15(7-5-8-15)11-17-13(18)16-10-14(2,19)12-6-4-9-20-12/h4,6,9,19H,3,5,7-8,10-11H2,1-2H3,(H2,16,17,18). The highest BCUT2D eigenvalue weighted by Crippen LogP contribution is 2.42. The van der Waals surface area contributed by atoms with E-state index < -0.39 is 5.60 Å². The van der Waals surface area contributed by atoms with Crippen LogP contribution in [0.25, 0.3) is 0 Å². The Labute approximate surface area is 119 Å². The van der Waals surface area contributed by atoms with E-state index in [1.807, 2.05) is 0 Å². The first-order valence-corrected chi connectivity index (χ1v) is 7.25. The first-order chi connectivity index (χ1) is 9.47. The normalized spacial score (nSPS) is 19.8. The van der Waals surface area contributed by atoms with Crippen molar-refractivity contribution in [2.75, 3.05) is 13.1 Å². The van der Waals surface area contributed by atoms with Crippen LogP contribution in [0.1, 0.15) is 45.3 Å². The molecule has 2 rings (SSSR count). The van der Waals surface area contributed by atoms with Crippen molar-refractivity contribution in [3.63, 3.8) is 0 Å². The maximum Gasteiger partial charge on any atom is 0.314 e. The predicted molar refractivity (Wildman–Crippen MR) is 76.3 cm³/mol. The lowest BCUT2D eigenvalue weighted by Gasteiger charge is -2.41. The summed E-state index contributed by atoms with van der Waals surface area (Å²) in [4.78, 5) is 11.8. The summed E-state index contributed by atoms with van der Waals surface area (Å²) in [6.07, 6.45) is 6.23. The third-order valence-corrected chi connectivity index (χ3v) is 4.43. The van der Waals surface area contributed by atoms with Gasteiger partial charge in [-0.05, 0) is 43.7 Å². The van der Waals surface area contributed by atoms with Crippen LogP contribution in [-0.4, -0.2) is 24.2 Å². The Hall–Kier alpha value is -1.49. The second-order valence-corrected chi connectivity index (χ2v) is 5.99. The lowest BCUT2D eigenvalue weighted by Crippen LogP contribution is -2.48. The molecule has 112 valence electrons. The number of nitrogens with one attached hydrogen (secondary N) is 2. The van der Waals surface area contributed by atoms with E-state index in [9.17, 15) is 9.90 Å². The van der Waals surface area contributed by atoms with Crippen LogP contribution < -0.4 is 10.6 Å². The fourth-order valence-electron chi connectivity index (χ4n) is 2.59. The molecule has 5 heteroatoms. The molecule has 0 aromatic carbocycles. The number of carbonyl (C=O) groups is 1. The number of amides is 2. The fraction of sp³-hybridized carbons (Fsp3) is 0.667. The Morgan fingerprint density at radius 2 is 2.25 bits per heavy atom. The van der Waals surface area contributed by atoms with E-state index in [-0.39, 0.29) is 12.6 Å². The molecule has 1 fully saturated rings. The zero-order valence-corrected chi connectivity index (χ0v) is 12.2. The molecule has 0 bridgehead atoms. The molecule has 1 atom stereocenters. The summed E-state index contributed by atoms with van der Waals surface area (Å²) in [7, 11) is 0. The van der Waals surface area contributed by atoms with Gasteiger partial charge in [0.1, 0.15) is 11.4 Å². The predicted octanol–water partition coefficient (Wildman–Crippen LogP) is 2.37. The minimum absolute atomic E-state index is 0.117. The van der Waals surface area contributed by atoms with E-state index in [1.54, 1.807) is 19.1 Å². The number of urea groups is 1. The van der Waals surface area contributed by atoms with Crippen LogP contribution in [0.2, 0.25) is 0 Å². The Morgan fingerprint density at radius 3 is 2.75 bits per heavy atom. The zero-order valence-electron chi connectivity index (χ0n) is 12.2. The monoisotopic (exact) mass is 280 g/mol. The first kappa shape index (κ1) is 14.9. The number of furan rings is 1. The molecule has 0 aliphatic heterocycles. The van der Waals surface area contributed by atoms with E-state index in [2.05, 4.69) is 17.6 Å². The SMILES string of the molecule is CCC1(CNC(=O)NCC(C)(O)c2ccco2)CCC1. The zero-order chi connectivity index (χ0) is 14.6. The van der Waals surface area contributed by atoms with Crippen molar-refractivity contribution < 1.29 is 14.3 Å². The van der Waals surface area contributed by atoms with Crippen molar-refractivity contribution in [2.24, 2.45) is 5.41 Å². The van der Waals surface area contributed by atoms with E-state index in [0.29, 0.717) is 17.7 Å². The summed E-state index contributed by atoms with van der Waals surface area (Å²) < 4.78 is 5.17. The van der Waals surface area contributed by atoms with Crippen LogP contribution in [0.15, 0.2) is 22.8 Å². The molecule has 1 heterocycles. The van der Waals surface area contributed by atoms with Crippen LogP contribution >= 0.6 is 0 Å². The second kappa shape index (κ2) is 5.87. The average molecular weight is 280 g/mol. The largest absolute Gasteiger partial charge is 0.466 e. The third-order valence-electron chi connectivity index (χ3n) is 4.43. The van der Waals surface area contributed by atoms with Gasteiger partial charge < -0.3 is 20.2 Å². The Bertz CT molecular complexity index is 430. The van der Waals surface area contributed by atoms with Gasteiger partial charge in [-0.2, -0.15) is 0 Å². The molecular formula is C15H24N2O3. The number of carbonyl (C=O) groups excluding carboxylic acids is 1. The highest BCUT2D eigenvalue weighted by Gasteiger charge is 2.35. The molecule has 1 aliphatic rings. The highest BCUT2D eigenvalue weighted by molar-refractivity contribution is 5.74. The number of rotatable bonds is 6. The molecule has 0 spiro atoms.